The minimum Gasteiger partial charge on any atom is -0.364 e. The molecule has 0 radical (unpaired) electrons. The van der Waals surface area contributed by atoms with Crippen molar-refractivity contribution >= 4 is 5.57 Å². The maximum absolute atomic E-state index is 4.62. The molecule has 2 aliphatic rings. The van der Waals surface area contributed by atoms with Crippen LogP contribution < -0.4 is 0 Å². The maximum atomic E-state index is 4.62. The van der Waals surface area contributed by atoms with E-state index in [0.717, 1.165) is 11.5 Å². The molecule has 1 aliphatic heterocycles. The van der Waals surface area contributed by atoms with Gasteiger partial charge < -0.3 is 9.80 Å². The topological polar surface area (TPSA) is 19.4 Å². The molecule has 1 aliphatic carbocycles. The van der Waals surface area contributed by atoms with Gasteiger partial charge in [0.25, 0.3) is 0 Å². The van der Waals surface area contributed by atoms with Crippen molar-refractivity contribution in [3.05, 3.63) is 72.1 Å². The standard InChI is InChI=1S/C19H23N3/c1-5-18(21(3)4)22-13-16(9-8-14(22)2)17-7-6-12-20-19(17)15-10-11-15/h5-9,12-13,15H,2,10-11H2,1,3-4H3/b18-5-. The minimum absolute atomic E-state index is 0.638. The molecular formula is C19H23N3. The second kappa shape index (κ2) is 5.84. The van der Waals surface area contributed by atoms with E-state index in [9.17, 15) is 0 Å². The Balaban J connectivity index is 2.01. The van der Waals surface area contributed by atoms with Gasteiger partial charge in [-0.1, -0.05) is 18.7 Å². The van der Waals surface area contributed by atoms with Crippen molar-refractivity contribution in [2.24, 2.45) is 0 Å². The number of nitrogens with zero attached hydrogens (tertiary/aromatic N) is 3. The lowest BCUT2D eigenvalue weighted by Crippen LogP contribution is -2.27. The molecule has 22 heavy (non-hydrogen) atoms. The van der Waals surface area contributed by atoms with E-state index >= 15 is 0 Å². The Kier molecular flexibility index (Phi) is 3.88. The number of hydrogen-bond donors (Lipinski definition) is 0. The van der Waals surface area contributed by atoms with E-state index < -0.39 is 0 Å². The fraction of sp³-hybridized carbons (Fsp3) is 0.316. The van der Waals surface area contributed by atoms with Gasteiger partial charge in [0, 0.05) is 49.2 Å². The molecule has 1 saturated carbocycles. The zero-order chi connectivity index (χ0) is 15.7. The van der Waals surface area contributed by atoms with Gasteiger partial charge in [0.05, 0.1) is 5.69 Å². The van der Waals surface area contributed by atoms with Gasteiger partial charge >= 0.3 is 0 Å². The Hall–Kier alpha value is -2.29. The van der Waals surface area contributed by atoms with Gasteiger partial charge in [-0.2, -0.15) is 0 Å². The molecule has 3 rings (SSSR count). The Labute approximate surface area is 133 Å². The van der Waals surface area contributed by atoms with Crippen LogP contribution in [0.25, 0.3) is 5.57 Å². The smallest absolute Gasteiger partial charge is 0.108 e. The van der Waals surface area contributed by atoms with Gasteiger partial charge in [0.15, 0.2) is 0 Å². The highest BCUT2D eigenvalue weighted by atomic mass is 15.3. The monoisotopic (exact) mass is 293 g/mol. The average molecular weight is 293 g/mol. The van der Waals surface area contributed by atoms with Crippen LogP contribution in [0, 0.1) is 0 Å². The number of hydrogen-bond acceptors (Lipinski definition) is 3. The summed E-state index contributed by atoms with van der Waals surface area (Å²) in [6.07, 6.45) is 12.9. The summed E-state index contributed by atoms with van der Waals surface area (Å²) in [6.45, 7) is 6.21. The summed E-state index contributed by atoms with van der Waals surface area (Å²) >= 11 is 0. The van der Waals surface area contributed by atoms with Crippen LogP contribution in [0.15, 0.2) is 60.9 Å². The molecule has 3 heteroatoms. The molecule has 3 nitrogen and oxygen atoms in total. The molecule has 0 amide bonds. The number of rotatable bonds is 4. The fourth-order valence-electron chi connectivity index (χ4n) is 2.86. The van der Waals surface area contributed by atoms with E-state index in [1.807, 2.05) is 33.3 Å². The molecule has 0 bridgehead atoms. The van der Waals surface area contributed by atoms with Crippen molar-refractivity contribution in [3.8, 4) is 0 Å². The van der Waals surface area contributed by atoms with Crippen LogP contribution in [0.3, 0.4) is 0 Å². The van der Waals surface area contributed by atoms with E-state index in [1.165, 1.54) is 29.7 Å². The molecule has 0 atom stereocenters. The Morgan fingerprint density at radius 3 is 2.77 bits per heavy atom. The van der Waals surface area contributed by atoms with Crippen LogP contribution in [0.1, 0.15) is 36.9 Å². The van der Waals surface area contributed by atoms with Gasteiger partial charge in [-0.05, 0) is 38.0 Å². The Bertz CT molecular complexity index is 676. The summed E-state index contributed by atoms with van der Waals surface area (Å²) in [7, 11) is 4.10. The first-order chi connectivity index (χ1) is 10.6. The summed E-state index contributed by atoms with van der Waals surface area (Å²) in [5.41, 5.74) is 4.65. The maximum Gasteiger partial charge on any atom is 0.108 e. The van der Waals surface area contributed by atoms with Crippen molar-refractivity contribution in [3.63, 3.8) is 0 Å². The third kappa shape index (κ3) is 2.71. The third-order valence-corrected chi connectivity index (χ3v) is 4.11. The Morgan fingerprint density at radius 2 is 2.14 bits per heavy atom. The largest absolute Gasteiger partial charge is 0.364 e. The normalized spacial score (nSPS) is 18.5. The lowest BCUT2D eigenvalue weighted by Gasteiger charge is -2.32. The van der Waals surface area contributed by atoms with Gasteiger partial charge in [-0.25, -0.2) is 0 Å². The summed E-state index contributed by atoms with van der Waals surface area (Å²) in [6, 6.07) is 4.19. The molecule has 2 heterocycles. The van der Waals surface area contributed by atoms with E-state index in [-0.39, 0.29) is 0 Å². The zero-order valence-electron chi connectivity index (χ0n) is 13.6. The molecule has 0 aromatic carbocycles. The molecule has 0 saturated heterocycles. The van der Waals surface area contributed by atoms with Crippen LogP contribution in [0.2, 0.25) is 0 Å². The van der Waals surface area contributed by atoms with Gasteiger partial charge in [0.1, 0.15) is 5.82 Å². The van der Waals surface area contributed by atoms with E-state index in [0.29, 0.717) is 5.92 Å². The van der Waals surface area contributed by atoms with Crippen molar-refractivity contribution in [1.82, 2.24) is 14.8 Å². The van der Waals surface area contributed by atoms with Crippen molar-refractivity contribution in [2.75, 3.05) is 14.1 Å². The second-order valence-corrected chi connectivity index (χ2v) is 6.03. The van der Waals surface area contributed by atoms with Crippen molar-refractivity contribution in [1.29, 1.82) is 0 Å². The SMILES string of the molecule is C=C1C=CC(c2cccnc2C2CC2)=CN1/C(=C\C)N(C)C. The molecule has 1 aromatic rings. The predicted molar refractivity (Wildman–Crippen MR) is 91.8 cm³/mol. The summed E-state index contributed by atoms with van der Waals surface area (Å²) in [5, 5.41) is 0. The highest BCUT2D eigenvalue weighted by Crippen LogP contribution is 2.42. The van der Waals surface area contributed by atoms with E-state index in [2.05, 4.69) is 51.9 Å². The van der Waals surface area contributed by atoms with Crippen molar-refractivity contribution < 1.29 is 0 Å². The lowest BCUT2D eigenvalue weighted by molar-refractivity contribution is 0.377. The van der Waals surface area contributed by atoms with Crippen LogP contribution >= 0.6 is 0 Å². The number of pyridine rings is 1. The first-order valence-corrected chi connectivity index (χ1v) is 7.78. The highest BCUT2D eigenvalue weighted by molar-refractivity contribution is 5.77. The lowest BCUT2D eigenvalue weighted by atomic mass is 10.00. The van der Waals surface area contributed by atoms with Crippen molar-refractivity contribution in [2.45, 2.75) is 25.7 Å². The average Bonchev–Trinajstić information content (AvgIpc) is 3.34. The third-order valence-electron chi connectivity index (χ3n) is 4.11. The highest BCUT2D eigenvalue weighted by Gasteiger charge is 2.28. The molecule has 0 spiro atoms. The number of allylic oxidation sites excluding steroid dienone is 4. The molecular weight excluding hydrogens is 270 g/mol. The summed E-state index contributed by atoms with van der Waals surface area (Å²) in [4.78, 5) is 8.86. The van der Waals surface area contributed by atoms with Crippen LogP contribution in [-0.2, 0) is 0 Å². The second-order valence-electron chi connectivity index (χ2n) is 6.03. The van der Waals surface area contributed by atoms with E-state index in [4.69, 9.17) is 0 Å². The van der Waals surface area contributed by atoms with Gasteiger partial charge in [0.2, 0.25) is 0 Å². The predicted octanol–water partition coefficient (Wildman–Crippen LogP) is 4.11. The fourth-order valence-corrected chi connectivity index (χ4v) is 2.86. The summed E-state index contributed by atoms with van der Waals surface area (Å²) < 4.78 is 0. The van der Waals surface area contributed by atoms with Gasteiger partial charge in [-0.3, -0.25) is 4.98 Å². The van der Waals surface area contributed by atoms with Crippen LogP contribution in [-0.4, -0.2) is 28.9 Å². The first-order valence-electron chi connectivity index (χ1n) is 7.78. The van der Waals surface area contributed by atoms with Gasteiger partial charge in [-0.15, -0.1) is 0 Å². The number of aromatic nitrogens is 1. The zero-order valence-corrected chi connectivity index (χ0v) is 13.6. The van der Waals surface area contributed by atoms with Crippen LogP contribution in [0.4, 0.5) is 0 Å². The quantitative estimate of drug-likeness (QED) is 0.833. The van der Waals surface area contributed by atoms with Crippen LogP contribution in [0.5, 0.6) is 0 Å². The molecule has 0 unspecified atom stereocenters. The minimum atomic E-state index is 0.638. The molecule has 1 aromatic heterocycles. The molecule has 114 valence electrons. The summed E-state index contributed by atoms with van der Waals surface area (Å²) in [5.74, 6) is 1.75. The Morgan fingerprint density at radius 1 is 1.36 bits per heavy atom. The van der Waals surface area contributed by atoms with E-state index in [1.54, 1.807) is 0 Å². The first kappa shape index (κ1) is 14.6. The molecule has 1 fully saturated rings. The molecule has 0 N–H and O–H groups in total.